The number of benzene rings is 2. The molecule has 2 N–H and O–H groups in total. The van der Waals surface area contributed by atoms with Crippen LogP contribution in [-0.4, -0.2) is 15.1 Å². The molecule has 4 aromatic rings. The summed E-state index contributed by atoms with van der Waals surface area (Å²) in [7, 11) is 0. The molecule has 2 heterocycles. The molecular weight excluding hydrogens is 342 g/mol. The number of para-hydroxylation sites is 1. The molecular formula is C21H17N3OS. The lowest BCUT2D eigenvalue weighted by molar-refractivity contribution is 0.469. The van der Waals surface area contributed by atoms with Gasteiger partial charge in [-0.3, -0.25) is 0 Å². The maximum atomic E-state index is 10.1. The van der Waals surface area contributed by atoms with E-state index in [0.717, 1.165) is 52.1 Å². The van der Waals surface area contributed by atoms with Crippen LogP contribution in [0.1, 0.15) is 23.6 Å². The Labute approximate surface area is 155 Å². The summed E-state index contributed by atoms with van der Waals surface area (Å²) in [6.07, 6.45) is 1.82. The summed E-state index contributed by atoms with van der Waals surface area (Å²) >= 11 is 1.64. The monoisotopic (exact) mass is 359 g/mol. The fourth-order valence-electron chi connectivity index (χ4n) is 3.66. The van der Waals surface area contributed by atoms with E-state index in [1.807, 2.05) is 41.8 Å². The highest BCUT2D eigenvalue weighted by molar-refractivity contribution is 7.08. The Bertz CT molecular complexity index is 1090. The molecule has 2 aromatic carbocycles. The van der Waals surface area contributed by atoms with Crippen molar-refractivity contribution in [1.82, 2.24) is 9.97 Å². The van der Waals surface area contributed by atoms with Gasteiger partial charge >= 0.3 is 0 Å². The highest BCUT2D eigenvalue weighted by atomic mass is 32.1. The SMILES string of the molecule is Oc1cccc2c1CC[C@H]2Nc1nc(-c2ccsc2)nc2ccccc12. The summed E-state index contributed by atoms with van der Waals surface area (Å²) in [4.78, 5) is 9.55. The smallest absolute Gasteiger partial charge is 0.162 e. The van der Waals surface area contributed by atoms with Gasteiger partial charge in [-0.25, -0.2) is 9.97 Å². The minimum Gasteiger partial charge on any atom is -0.508 e. The van der Waals surface area contributed by atoms with Gasteiger partial charge in [-0.05, 0) is 53.6 Å². The predicted molar refractivity (Wildman–Crippen MR) is 106 cm³/mol. The van der Waals surface area contributed by atoms with Gasteiger partial charge in [0.1, 0.15) is 11.6 Å². The average molecular weight is 359 g/mol. The van der Waals surface area contributed by atoms with E-state index in [9.17, 15) is 5.11 Å². The third-order valence-corrected chi connectivity index (χ3v) is 5.62. The highest BCUT2D eigenvalue weighted by Gasteiger charge is 2.25. The van der Waals surface area contributed by atoms with Gasteiger partial charge in [-0.1, -0.05) is 24.3 Å². The van der Waals surface area contributed by atoms with Gasteiger partial charge in [0.05, 0.1) is 11.6 Å². The maximum Gasteiger partial charge on any atom is 0.162 e. The molecule has 26 heavy (non-hydrogen) atoms. The van der Waals surface area contributed by atoms with E-state index in [4.69, 9.17) is 9.97 Å². The van der Waals surface area contributed by atoms with E-state index in [-0.39, 0.29) is 6.04 Å². The summed E-state index contributed by atoms with van der Waals surface area (Å²) in [6, 6.07) is 16.0. The van der Waals surface area contributed by atoms with E-state index >= 15 is 0 Å². The fourth-order valence-corrected chi connectivity index (χ4v) is 4.29. The number of phenolic OH excluding ortho intramolecular Hbond substituents is 1. The van der Waals surface area contributed by atoms with E-state index < -0.39 is 0 Å². The van der Waals surface area contributed by atoms with Crippen LogP contribution >= 0.6 is 11.3 Å². The van der Waals surface area contributed by atoms with Gasteiger partial charge in [0.25, 0.3) is 0 Å². The summed E-state index contributed by atoms with van der Waals surface area (Å²) in [5.41, 5.74) is 4.17. The van der Waals surface area contributed by atoms with Gasteiger partial charge in [-0.2, -0.15) is 11.3 Å². The summed E-state index contributed by atoms with van der Waals surface area (Å²) in [5.74, 6) is 1.97. The number of hydrogen-bond donors (Lipinski definition) is 2. The Morgan fingerprint density at radius 3 is 2.85 bits per heavy atom. The molecule has 1 aliphatic carbocycles. The Morgan fingerprint density at radius 2 is 1.96 bits per heavy atom. The van der Waals surface area contributed by atoms with Gasteiger partial charge in [0, 0.05) is 16.3 Å². The van der Waals surface area contributed by atoms with Gasteiger partial charge in [0.2, 0.25) is 0 Å². The Balaban J connectivity index is 1.60. The Kier molecular flexibility index (Phi) is 3.60. The lowest BCUT2D eigenvalue weighted by atomic mass is 10.1. The lowest BCUT2D eigenvalue weighted by Crippen LogP contribution is -2.10. The third-order valence-electron chi connectivity index (χ3n) is 4.94. The van der Waals surface area contributed by atoms with Crippen molar-refractivity contribution in [2.24, 2.45) is 0 Å². The van der Waals surface area contributed by atoms with Crippen molar-refractivity contribution in [2.45, 2.75) is 18.9 Å². The molecule has 0 spiro atoms. The average Bonchev–Trinajstić information content (AvgIpc) is 3.33. The molecule has 1 aliphatic rings. The molecule has 1 atom stereocenters. The molecule has 0 radical (unpaired) electrons. The molecule has 4 nitrogen and oxygen atoms in total. The van der Waals surface area contributed by atoms with Crippen molar-refractivity contribution in [1.29, 1.82) is 0 Å². The van der Waals surface area contributed by atoms with E-state index in [1.165, 1.54) is 0 Å². The second-order valence-corrected chi connectivity index (χ2v) is 7.29. The van der Waals surface area contributed by atoms with E-state index in [0.29, 0.717) is 5.75 Å². The summed E-state index contributed by atoms with van der Waals surface area (Å²) < 4.78 is 0. The number of thiophene rings is 1. The summed E-state index contributed by atoms with van der Waals surface area (Å²) in [5, 5.41) is 18.8. The molecule has 5 heteroatoms. The van der Waals surface area contributed by atoms with Crippen LogP contribution in [0.25, 0.3) is 22.3 Å². The second-order valence-electron chi connectivity index (χ2n) is 6.51. The van der Waals surface area contributed by atoms with Crippen LogP contribution < -0.4 is 5.32 Å². The Morgan fingerprint density at radius 1 is 1.04 bits per heavy atom. The Hall–Kier alpha value is -2.92. The first kappa shape index (κ1) is 15.3. The van der Waals surface area contributed by atoms with Crippen molar-refractivity contribution in [3.63, 3.8) is 0 Å². The van der Waals surface area contributed by atoms with Crippen molar-refractivity contribution in [3.05, 3.63) is 70.4 Å². The molecule has 128 valence electrons. The van der Waals surface area contributed by atoms with Gasteiger partial charge in [-0.15, -0.1) is 0 Å². The topological polar surface area (TPSA) is 58.0 Å². The minimum absolute atomic E-state index is 0.144. The number of anilines is 1. The second kappa shape index (κ2) is 6.11. The van der Waals surface area contributed by atoms with Crippen LogP contribution in [0.3, 0.4) is 0 Å². The van der Waals surface area contributed by atoms with Gasteiger partial charge in [0.15, 0.2) is 5.82 Å². The molecule has 0 amide bonds. The maximum absolute atomic E-state index is 10.1. The lowest BCUT2D eigenvalue weighted by Gasteiger charge is -2.17. The van der Waals surface area contributed by atoms with Crippen LogP contribution in [0.5, 0.6) is 5.75 Å². The van der Waals surface area contributed by atoms with Crippen LogP contribution in [0, 0.1) is 0 Å². The minimum atomic E-state index is 0.144. The quantitative estimate of drug-likeness (QED) is 0.530. The number of nitrogens with one attached hydrogen (secondary N) is 1. The normalized spacial score (nSPS) is 15.9. The first-order chi connectivity index (χ1) is 12.8. The van der Waals surface area contributed by atoms with Crippen molar-refractivity contribution < 1.29 is 5.11 Å². The zero-order chi connectivity index (χ0) is 17.5. The largest absolute Gasteiger partial charge is 0.508 e. The first-order valence-corrected chi connectivity index (χ1v) is 9.60. The van der Waals surface area contributed by atoms with Gasteiger partial charge < -0.3 is 10.4 Å². The number of rotatable bonds is 3. The number of aromatic hydroxyl groups is 1. The number of aromatic nitrogens is 2. The molecule has 0 aliphatic heterocycles. The van der Waals surface area contributed by atoms with Crippen LogP contribution in [-0.2, 0) is 6.42 Å². The fraction of sp³-hybridized carbons (Fsp3) is 0.143. The summed E-state index contributed by atoms with van der Waals surface area (Å²) in [6.45, 7) is 0. The van der Waals surface area contributed by atoms with Crippen LogP contribution in [0.2, 0.25) is 0 Å². The number of fused-ring (bicyclic) bond motifs is 2. The number of phenols is 1. The molecule has 0 fully saturated rings. The predicted octanol–water partition coefficient (Wildman–Crippen LogP) is 5.16. The van der Waals surface area contributed by atoms with E-state index in [1.54, 1.807) is 17.4 Å². The molecule has 0 unspecified atom stereocenters. The number of nitrogens with zero attached hydrogens (tertiary/aromatic N) is 2. The molecule has 0 saturated carbocycles. The zero-order valence-corrected chi connectivity index (χ0v) is 14.8. The van der Waals surface area contributed by atoms with Crippen molar-refractivity contribution >= 4 is 28.1 Å². The van der Waals surface area contributed by atoms with Crippen molar-refractivity contribution in [3.8, 4) is 17.1 Å². The molecule has 0 saturated heterocycles. The standard InChI is InChI=1S/C21H17N3OS/c25-19-7-3-5-14-15(19)8-9-18(14)23-21-16-4-1-2-6-17(16)22-20(24-21)13-10-11-26-12-13/h1-7,10-12,18,25H,8-9H2,(H,22,23,24)/t18-/m1/s1. The van der Waals surface area contributed by atoms with Crippen LogP contribution in [0.4, 0.5) is 5.82 Å². The van der Waals surface area contributed by atoms with Crippen LogP contribution in [0.15, 0.2) is 59.3 Å². The van der Waals surface area contributed by atoms with E-state index in [2.05, 4.69) is 16.8 Å². The number of hydrogen-bond acceptors (Lipinski definition) is 5. The van der Waals surface area contributed by atoms with Crippen molar-refractivity contribution in [2.75, 3.05) is 5.32 Å². The zero-order valence-electron chi connectivity index (χ0n) is 14.0. The molecule has 5 rings (SSSR count). The molecule has 2 aromatic heterocycles. The highest BCUT2D eigenvalue weighted by Crippen LogP contribution is 2.39. The third kappa shape index (κ3) is 2.52. The molecule has 0 bridgehead atoms. The first-order valence-electron chi connectivity index (χ1n) is 8.66.